The summed E-state index contributed by atoms with van der Waals surface area (Å²) in [6.07, 6.45) is 0. The van der Waals surface area contributed by atoms with Gasteiger partial charge in [0.1, 0.15) is 5.75 Å². The third kappa shape index (κ3) is 3.84. The predicted molar refractivity (Wildman–Crippen MR) is 85.6 cm³/mol. The maximum absolute atomic E-state index is 12.2. The molecule has 0 heterocycles. The lowest BCUT2D eigenvalue weighted by molar-refractivity contribution is 0.0733. The summed E-state index contributed by atoms with van der Waals surface area (Å²) in [6.45, 7) is 1.40. The number of ketones is 1. The zero-order valence-corrected chi connectivity index (χ0v) is 13.9. The predicted octanol–water partition coefficient (Wildman–Crippen LogP) is 5.18. The van der Waals surface area contributed by atoms with Crippen LogP contribution < -0.4 is 4.74 Å². The third-order valence-electron chi connectivity index (χ3n) is 2.68. The number of Topliss-reactive ketones (excluding diaryl/α,β-unsaturated/α-hetero) is 1. The summed E-state index contributed by atoms with van der Waals surface area (Å²) in [7, 11) is 0. The molecule has 6 heteroatoms. The van der Waals surface area contributed by atoms with Crippen LogP contribution in [0.5, 0.6) is 5.75 Å². The highest BCUT2D eigenvalue weighted by Crippen LogP contribution is 2.27. The number of hydrogen-bond donors (Lipinski definition) is 0. The molecule has 0 bridgehead atoms. The van der Waals surface area contributed by atoms with E-state index >= 15 is 0 Å². The van der Waals surface area contributed by atoms with Gasteiger partial charge in [0, 0.05) is 9.50 Å². The average Bonchev–Trinajstić information content (AvgIpc) is 2.37. The molecule has 0 atom stereocenters. The summed E-state index contributed by atoms with van der Waals surface area (Å²) in [5.74, 6) is -0.683. The number of benzene rings is 2. The highest BCUT2D eigenvalue weighted by atomic mass is 79.9. The molecule has 0 aliphatic heterocycles. The molecule has 0 unspecified atom stereocenters. The fourth-order valence-corrected chi connectivity index (χ4v) is 2.51. The highest BCUT2D eigenvalue weighted by molar-refractivity contribution is 9.10. The van der Waals surface area contributed by atoms with Crippen LogP contribution in [0, 0.1) is 0 Å². The monoisotopic (exact) mass is 386 g/mol. The largest absolute Gasteiger partial charge is 0.422 e. The standard InChI is InChI=1S/C15H9BrCl2O3/c1-8(19)11-4-2-9(16)6-14(11)21-15(20)12-5-3-10(17)7-13(12)18/h2-7H,1H3. The number of rotatable bonds is 3. The second-order valence-electron chi connectivity index (χ2n) is 4.21. The first-order valence-electron chi connectivity index (χ1n) is 5.86. The van der Waals surface area contributed by atoms with E-state index in [0.29, 0.717) is 15.1 Å². The SMILES string of the molecule is CC(=O)c1ccc(Br)cc1OC(=O)c1ccc(Cl)cc1Cl. The summed E-state index contributed by atoms with van der Waals surface area (Å²) >= 11 is 15.0. The summed E-state index contributed by atoms with van der Waals surface area (Å²) < 4.78 is 5.97. The second kappa shape index (κ2) is 6.60. The van der Waals surface area contributed by atoms with Crippen LogP contribution >= 0.6 is 39.1 Å². The Bertz CT molecular complexity index is 729. The topological polar surface area (TPSA) is 43.4 Å². The number of carbonyl (C=O) groups is 2. The van der Waals surface area contributed by atoms with Crippen molar-refractivity contribution in [1.82, 2.24) is 0 Å². The summed E-state index contributed by atoms with van der Waals surface area (Å²) in [4.78, 5) is 23.7. The van der Waals surface area contributed by atoms with Crippen LogP contribution in [0.2, 0.25) is 10.0 Å². The maximum Gasteiger partial charge on any atom is 0.345 e. The molecule has 2 aromatic rings. The molecule has 108 valence electrons. The molecule has 0 saturated heterocycles. The summed E-state index contributed by atoms with van der Waals surface area (Å²) in [6, 6.07) is 9.29. The van der Waals surface area contributed by atoms with Crippen molar-refractivity contribution in [2.75, 3.05) is 0 Å². The minimum atomic E-state index is -0.655. The van der Waals surface area contributed by atoms with Gasteiger partial charge in [-0.1, -0.05) is 39.1 Å². The minimum Gasteiger partial charge on any atom is -0.422 e. The molecule has 0 spiro atoms. The highest BCUT2D eigenvalue weighted by Gasteiger charge is 2.17. The van der Waals surface area contributed by atoms with Crippen LogP contribution in [-0.4, -0.2) is 11.8 Å². The molecule has 0 N–H and O–H groups in total. The van der Waals surface area contributed by atoms with Gasteiger partial charge < -0.3 is 4.74 Å². The van der Waals surface area contributed by atoms with Crippen LogP contribution in [0.25, 0.3) is 0 Å². The van der Waals surface area contributed by atoms with Crippen molar-refractivity contribution >= 4 is 50.9 Å². The third-order valence-corrected chi connectivity index (χ3v) is 3.72. The zero-order valence-electron chi connectivity index (χ0n) is 10.8. The fourth-order valence-electron chi connectivity index (χ4n) is 1.68. The van der Waals surface area contributed by atoms with Crippen LogP contribution in [0.4, 0.5) is 0 Å². The van der Waals surface area contributed by atoms with Crippen molar-refractivity contribution in [3.8, 4) is 5.75 Å². The van der Waals surface area contributed by atoms with Crippen molar-refractivity contribution in [1.29, 1.82) is 0 Å². The zero-order chi connectivity index (χ0) is 15.6. The van der Waals surface area contributed by atoms with Crippen LogP contribution in [-0.2, 0) is 0 Å². The summed E-state index contributed by atoms with van der Waals surface area (Å²) in [5, 5.41) is 0.607. The van der Waals surface area contributed by atoms with Gasteiger partial charge in [-0.3, -0.25) is 4.79 Å². The van der Waals surface area contributed by atoms with E-state index in [1.807, 2.05) is 0 Å². The Morgan fingerprint density at radius 2 is 1.71 bits per heavy atom. The normalized spacial score (nSPS) is 10.3. The van der Waals surface area contributed by atoms with Crippen molar-refractivity contribution < 1.29 is 14.3 Å². The Morgan fingerprint density at radius 3 is 2.33 bits per heavy atom. The molecule has 0 fully saturated rings. The van der Waals surface area contributed by atoms with Gasteiger partial charge >= 0.3 is 5.97 Å². The number of carbonyl (C=O) groups excluding carboxylic acids is 2. The first-order valence-corrected chi connectivity index (χ1v) is 7.41. The Kier molecular flexibility index (Phi) is 5.04. The van der Waals surface area contributed by atoms with Gasteiger partial charge in [-0.2, -0.15) is 0 Å². The van der Waals surface area contributed by atoms with Crippen molar-refractivity contribution in [3.63, 3.8) is 0 Å². The number of ether oxygens (including phenoxy) is 1. The van der Waals surface area contributed by atoms with E-state index in [-0.39, 0.29) is 22.1 Å². The van der Waals surface area contributed by atoms with Gasteiger partial charge in [-0.25, -0.2) is 4.79 Å². The van der Waals surface area contributed by atoms with Gasteiger partial charge in [0.05, 0.1) is 16.1 Å². The molecule has 0 aliphatic carbocycles. The van der Waals surface area contributed by atoms with E-state index in [0.717, 1.165) is 0 Å². The van der Waals surface area contributed by atoms with Gasteiger partial charge in [-0.15, -0.1) is 0 Å². The molecule has 21 heavy (non-hydrogen) atoms. The molecule has 0 saturated carbocycles. The van der Waals surface area contributed by atoms with E-state index in [9.17, 15) is 9.59 Å². The van der Waals surface area contributed by atoms with Crippen molar-refractivity contribution in [2.45, 2.75) is 6.92 Å². The molecule has 2 rings (SSSR count). The molecule has 3 nitrogen and oxygen atoms in total. The second-order valence-corrected chi connectivity index (χ2v) is 5.97. The number of halogens is 3. The van der Waals surface area contributed by atoms with Crippen molar-refractivity contribution in [3.05, 3.63) is 62.0 Å². The Hall–Kier alpha value is -1.36. The van der Waals surface area contributed by atoms with Crippen LogP contribution in [0.3, 0.4) is 0 Å². The summed E-state index contributed by atoms with van der Waals surface area (Å²) in [5.41, 5.74) is 0.493. The molecule has 2 aromatic carbocycles. The quantitative estimate of drug-likeness (QED) is 0.414. The van der Waals surface area contributed by atoms with E-state index in [1.165, 1.54) is 25.1 Å². The number of hydrogen-bond acceptors (Lipinski definition) is 3. The van der Waals surface area contributed by atoms with E-state index in [1.54, 1.807) is 18.2 Å². The molecular formula is C15H9BrCl2O3. The van der Waals surface area contributed by atoms with E-state index in [4.69, 9.17) is 27.9 Å². The lowest BCUT2D eigenvalue weighted by Gasteiger charge is -2.09. The number of esters is 1. The van der Waals surface area contributed by atoms with E-state index in [2.05, 4.69) is 15.9 Å². The van der Waals surface area contributed by atoms with Gasteiger partial charge in [0.25, 0.3) is 0 Å². The molecule has 0 radical (unpaired) electrons. The van der Waals surface area contributed by atoms with Gasteiger partial charge in [0.2, 0.25) is 0 Å². The van der Waals surface area contributed by atoms with Gasteiger partial charge in [0.15, 0.2) is 5.78 Å². The Balaban J connectivity index is 2.35. The van der Waals surface area contributed by atoms with Crippen molar-refractivity contribution in [2.24, 2.45) is 0 Å². The Morgan fingerprint density at radius 1 is 1.05 bits per heavy atom. The smallest absolute Gasteiger partial charge is 0.345 e. The van der Waals surface area contributed by atoms with Crippen LogP contribution in [0.1, 0.15) is 27.6 Å². The fraction of sp³-hybridized carbons (Fsp3) is 0.0667. The first-order chi connectivity index (χ1) is 9.88. The van der Waals surface area contributed by atoms with Gasteiger partial charge in [-0.05, 0) is 43.3 Å². The average molecular weight is 388 g/mol. The lowest BCUT2D eigenvalue weighted by atomic mass is 10.1. The molecule has 0 amide bonds. The molecular weight excluding hydrogens is 379 g/mol. The first kappa shape index (κ1) is 16.0. The lowest BCUT2D eigenvalue weighted by Crippen LogP contribution is -2.11. The van der Waals surface area contributed by atoms with Crippen LogP contribution in [0.15, 0.2) is 40.9 Å². The Labute approximate surface area is 139 Å². The molecule has 0 aromatic heterocycles. The molecule has 0 aliphatic rings. The maximum atomic E-state index is 12.2. The minimum absolute atomic E-state index is 0.174. The van der Waals surface area contributed by atoms with E-state index < -0.39 is 5.97 Å².